The molecule has 0 saturated carbocycles. The molecule has 2 N–H and O–H groups in total. The highest BCUT2D eigenvalue weighted by Gasteiger charge is 2.25. The summed E-state index contributed by atoms with van der Waals surface area (Å²) >= 11 is 0. The summed E-state index contributed by atoms with van der Waals surface area (Å²) in [4.78, 5) is 10.9. The Morgan fingerprint density at radius 2 is 2.25 bits per heavy atom. The van der Waals surface area contributed by atoms with Gasteiger partial charge in [0.25, 0.3) is 0 Å². The van der Waals surface area contributed by atoms with Crippen molar-refractivity contribution in [2.75, 3.05) is 6.54 Å². The first-order valence-electron chi connectivity index (χ1n) is 6.73. The van der Waals surface area contributed by atoms with Gasteiger partial charge in [0, 0.05) is 5.70 Å². The van der Waals surface area contributed by atoms with E-state index in [4.69, 9.17) is 5.11 Å². The predicted octanol–water partition coefficient (Wildman–Crippen LogP) is 2.76. The molecule has 0 spiro atoms. The van der Waals surface area contributed by atoms with E-state index in [0.717, 1.165) is 24.1 Å². The molecule has 0 radical (unpaired) electrons. The smallest absolute Gasteiger partial charge is 0.324 e. The second kappa shape index (κ2) is 6.05. The van der Waals surface area contributed by atoms with Gasteiger partial charge in [0.15, 0.2) is 0 Å². The van der Waals surface area contributed by atoms with Crippen molar-refractivity contribution in [3.8, 4) is 0 Å². The number of aliphatic carboxylic acids is 1. The highest BCUT2D eigenvalue weighted by Crippen LogP contribution is 2.27. The van der Waals surface area contributed by atoms with Crippen LogP contribution in [0.25, 0.3) is 0 Å². The number of hydrogen-bond acceptors (Lipinski definition) is 3. The van der Waals surface area contributed by atoms with E-state index in [9.17, 15) is 9.18 Å². The molecule has 0 aromatic heterocycles. The van der Waals surface area contributed by atoms with Gasteiger partial charge >= 0.3 is 5.97 Å². The number of rotatable bonds is 5. The highest BCUT2D eigenvalue weighted by molar-refractivity contribution is 5.69. The Balaban J connectivity index is 2.21. The van der Waals surface area contributed by atoms with Crippen LogP contribution >= 0.6 is 0 Å². The molecule has 1 heterocycles. The summed E-state index contributed by atoms with van der Waals surface area (Å²) < 4.78 is 13.3. The number of nitrogens with one attached hydrogen (secondary N) is 1. The van der Waals surface area contributed by atoms with Crippen molar-refractivity contribution in [1.29, 1.82) is 0 Å². The van der Waals surface area contributed by atoms with Crippen LogP contribution in [0.5, 0.6) is 0 Å². The third-order valence-corrected chi connectivity index (χ3v) is 3.34. The normalized spacial score (nSPS) is 18.2. The molecule has 0 aliphatic carbocycles. The van der Waals surface area contributed by atoms with E-state index in [-0.39, 0.29) is 18.4 Å². The largest absolute Gasteiger partial charge is 0.480 e. The molecule has 5 heteroatoms. The van der Waals surface area contributed by atoms with Crippen LogP contribution in [0, 0.1) is 12.7 Å². The SMILES string of the molecule is CCCC1=CC(c2ccc(F)c(C)c2)NN1CC(=O)O. The van der Waals surface area contributed by atoms with Crippen LogP contribution in [-0.4, -0.2) is 22.6 Å². The molecule has 0 fully saturated rings. The summed E-state index contributed by atoms with van der Waals surface area (Å²) in [5, 5.41) is 10.6. The van der Waals surface area contributed by atoms with Crippen molar-refractivity contribution < 1.29 is 14.3 Å². The molecule has 1 unspecified atom stereocenters. The molecule has 2 rings (SSSR count). The van der Waals surface area contributed by atoms with Crippen LogP contribution < -0.4 is 5.43 Å². The Morgan fingerprint density at radius 1 is 1.50 bits per heavy atom. The van der Waals surface area contributed by atoms with Crippen molar-refractivity contribution in [3.63, 3.8) is 0 Å². The second-order valence-electron chi connectivity index (χ2n) is 5.00. The number of carboxylic acid groups (broad SMARTS) is 1. The number of halogens is 1. The van der Waals surface area contributed by atoms with Gasteiger partial charge in [-0.15, -0.1) is 0 Å². The number of allylic oxidation sites excluding steroid dienone is 1. The lowest BCUT2D eigenvalue weighted by Gasteiger charge is -2.22. The fourth-order valence-corrected chi connectivity index (χ4v) is 2.36. The van der Waals surface area contributed by atoms with Crippen molar-refractivity contribution >= 4 is 5.97 Å². The topological polar surface area (TPSA) is 52.6 Å². The minimum atomic E-state index is -0.879. The number of benzene rings is 1. The van der Waals surface area contributed by atoms with Crippen LogP contribution in [0.1, 0.15) is 36.9 Å². The van der Waals surface area contributed by atoms with Crippen LogP contribution in [0.3, 0.4) is 0 Å². The van der Waals surface area contributed by atoms with E-state index in [0.29, 0.717) is 5.56 Å². The molecular formula is C15H19FN2O2. The minimum absolute atomic E-state index is 0.0808. The zero-order valence-corrected chi connectivity index (χ0v) is 11.7. The van der Waals surface area contributed by atoms with E-state index >= 15 is 0 Å². The van der Waals surface area contributed by atoms with Crippen LogP contribution in [0.4, 0.5) is 4.39 Å². The maximum absolute atomic E-state index is 13.3. The fourth-order valence-electron chi connectivity index (χ4n) is 2.36. The maximum Gasteiger partial charge on any atom is 0.324 e. The summed E-state index contributed by atoms with van der Waals surface area (Å²) in [7, 11) is 0. The summed E-state index contributed by atoms with van der Waals surface area (Å²) in [5.41, 5.74) is 5.66. The van der Waals surface area contributed by atoms with Gasteiger partial charge in [-0.3, -0.25) is 4.79 Å². The van der Waals surface area contributed by atoms with Crippen molar-refractivity contribution in [2.45, 2.75) is 32.7 Å². The van der Waals surface area contributed by atoms with Gasteiger partial charge in [0.05, 0.1) is 6.04 Å². The van der Waals surface area contributed by atoms with Gasteiger partial charge in [0.1, 0.15) is 12.4 Å². The van der Waals surface area contributed by atoms with E-state index in [1.807, 2.05) is 6.08 Å². The van der Waals surface area contributed by atoms with Crippen LogP contribution in [0.15, 0.2) is 30.0 Å². The quantitative estimate of drug-likeness (QED) is 0.869. The molecule has 1 aliphatic rings. The molecular weight excluding hydrogens is 259 g/mol. The van der Waals surface area contributed by atoms with E-state index < -0.39 is 5.97 Å². The Hall–Kier alpha value is -1.88. The maximum atomic E-state index is 13.3. The summed E-state index contributed by atoms with van der Waals surface area (Å²) in [6.45, 7) is 3.69. The Kier molecular flexibility index (Phi) is 4.39. The average molecular weight is 278 g/mol. The highest BCUT2D eigenvalue weighted by atomic mass is 19.1. The van der Waals surface area contributed by atoms with Gasteiger partial charge in [-0.1, -0.05) is 25.5 Å². The Morgan fingerprint density at radius 3 is 2.85 bits per heavy atom. The predicted molar refractivity (Wildman–Crippen MR) is 74.3 cm³/mol. The first-order valence-corrected chi connectivity index (χ1v) is 6.73. The van der Waals surface area contributed by atoms with E-state index in [1.165, 1.54) is 6.07 Å². The molecule has 1 aliphatic heterocycles. The molecule has 1 atom stereocenters. The third-order valence-electron chi connectivity index (χ3n) is 3.34. The summed E-state index contributed by atoms with van der Waals surface area (Å²) in [6, 6.07) is 4.86. The molecule has 0 amide bonds. The van der Waals surface area contributed by atoms with E-state index in [1.54, 1.807) is 24.1 Å². The number of nitrogens with zero attached hydrogens (tertiary/aromatic N) is 1. The van der Waals surface area contributed by atoms with Crippen LogP contribution in [-0.2, 0) is 4.79 Å². The summed E-state index contributed by atoms with van der Waals surface area (Å²) in [6.07, 6.45) is 3.77. The summed E-state index contributed by atoms with van der Waals surface area (Å²) in [5.74, 6) is -1.11. The molecule has 0 bridgehead atoms. The molecule has 108 valence electrons. The monoisotopic (exact) mass is 278 g/mol. The molecule has 1 aromatic rings. The Bertz CT molecular complexity index is 543. The lowest BCUT2D eigenvalue weighted by Crippen LogP contribution is -2.37. The second-order valence-corrected chi connectivity index (χ2v) is 5.00. The van der Waals surface area contributed by atoms with E-state index in [2.05, 4.69) is 12.3 Å². The first kappa shape index (κ1) is 14.5. The van der Waals surface area contributed by atoms with Gasteiger partial charge in [-0.2, -0.15) is 0 Å². The third kappa shape index (κ3) is 3.17. The standard InChI is InChI=1S/C15H19FN2O2/c1-3-4-12-8-14(17-18(12)9-15(19)20)11-5-6-13(16)10(2)7-11/h5-8,14,17H,3-4,9H2,1-2H3,(H,19,20). The first-order chi connectivity index (χ1) is 9.51. The molecule has 0 saturated heterocycles. The molecule has 20 heavy (non-hydrogen) atoms. The van der Waals surface area contributed by atoms with Crippen LogP contribution in [0.2, 0.25) is 0 Å². The minimum Gasteiger partial charge on any atom is -0.480 e. The fraction of sp³-hybridized carbons (Fsp3) is 0.400. The molecule has 1 aromatic carbocycles. The zero-order valence-electron chi connectivity index (χ0n) is 11.7. The molecule has 4 nitrogen and oxygen atoms in total. The number of carbonyl (C=O) groups is 1. The Labute approximate surface area is 117 Å². The number of hydrogen-bond donors (Lipinski definition) is 2. The number of aryl methyl sites for hydroxylation is 1. The number of hydrazine groups is 1. The van der Waals surface area contributed by atoms with Crippen molar-refractivity contribution in [3.05, 3.63) is 46.9 Å². The average Bonchev–Trinajstić information content (AvgIpc) is 2.76. The lowest BCUT2D eigenvalue weighted by atomic mass is 10.0. The van der Waals surface area contributed by atoms with Crippen molar-refractivity contribution in [1.82, 2.24) is 10.4 Å². The van der Waals surface area contributed by atoms with Gasteiger partial charge in [-0.25, -0.2) is 9.82 Å². The lowest BCUT2D eigenvalue weighted by molar-refractivity contribution is -0.138. The zero-order chi connectivity index (χ0) is 14.7. The number of carboxylic acids is 1. The van der Waals surface area contributed by atoms with Gasteiger partial charge in [-0.05, 0) is 36.6 Å². The van der Waals surface area contributed by atoms with Gasteiger partial charge in [0.2, 0.25) is 0 Å². The van der Waals surface area contributed by atoms with Crippen molar-refractivity contribution in [2.24, 2.45) is 0 Å². The van der Waals surface area contributed by atoms with Gasteiger partial charge < -0.3 is 10.1 Å².